The Hall–Kier alpha value is -2.09. The quantitative estimate of drug-likeness (QED) is 0.839. The summed E-state index contributed by atoms with van der Waals surface area (Å²) < 4.78 is 0. The molecule has 1 aliphatic rings. The number of likely N-dealkylation sites (tertiary alicyclic amines) is 1. The smallest absolute Gasteiger partial charge is 0.226 e. The molecule has 2 nitrogen and oxygen atoms in total. The lowest BCUT2D eigenvalue weighted by Gasteiger charge is -2.32. The van der Waals surface area contributed by atoms with Crippen molar-refractivity contribution in [2.45, 2.75) is 32.1 Å². The Bertz CT molecular complexity index is 610. The summed E-state index contributed by atoms with van der Waals surface area (Å²) in [4.78, 5) is 14.4. The Kier molecular flexibility index (Phi) is 4.57. The fourth-order valence-electron chi connectivity index (χ4n) is 3.18. The summed E-state index contributed by atoms with van der Waals surface area (Å²) in [5.41, 5.74) is 3.83. The van der Waals surface area contributed by atoms with Crippen molar-refractivity contribution in [2.24, 2.45) is 0 Å². The fourth-order valence-corrected chi connectivity index (χ4v) is 3.18. The molecule has 0 aromatic heterocycles. The number of carbonyl (C=O) groups is 1. The number of aryl methyl sites for hydroxylation is 1. The van der Waals surface area contributed by atoms with Gasteiger partial charge >= 0.3 is 0 Å². The summed E-state index contributed by atoms with van der Waals surface area (Å²) in [6.07, 6.45) is 2.67. The van der Waals surface area contributed by atoms with Gasteiger partial charge in [-0.2, -0.15) is 0 Å². The largest absolute Gasteiger partial charge is 0.342 e. The number of piperidine rings is 1. The Morgan fingerprint density at radius 2 is 1.64 bits per heavy atom. The maximum absolute atomic E-state index is 12.4. The van der Waals surface area contributed by atoms with Crippen LogP contribution in [0.1, 0.15) is 35.4 Å². The van der Waals surface area contributed by atoms with Crippen LogP contribution in [0.15, 0.2) is 54.6 Å². The molecule has 1 heterocycles. The van der Waals surface area contributed by atoms with Gasteiger partial charge in [-0.05, 0) is 36.8 Å². The topological polar surface area (TPSA) is 20.3 Å². The first-order valence-corrected chi connectivity index (χ1v) is 8.10. The molecule has 0 radical (unpaired) electrons. The zero-order chi connectivity index (χ0) is 15.4. The van der Waals surface area contributed by atoms with Crippen molar-refractivity contribution in [1.29, 1.82) is 0 Å². The van der Waals surface area contributed by atoms with E-state index in [2.05, 4.69) is 31.2 Å². The third-order valence-electron chi connectivity index (χ3n) is 4.59. The van der Waals surface area contributed by atoms with Gasteiger partial charge in [0.25, 0.3) is 0 Å². The molecule has 1 aliphatic heterocycles. The number of benzene rings is 2. The van der Waals surface area contributed by atoms with Crippen molar-refractivity contribution >= 4 is 5.91 Å². The highest BCUT2D eigenvalue weighted by atomic mass is 16.2. The minimum Gasteiger partial charge on any atom is -0.342 e. The van der Waals surface area contributed by atoms with Gasteiger partial charge in [-0.1, -0.05) is 60.2 Å². The number of hydrogen-bond donors (Lipinski definition) is 0. The standard InChI is InChI=1S/C20H23NO/c1-16-7-9-18(10-8-16)19-11-13-21(14-12-19)20(22)15-17-5-3-2-4-6-17/h2-10,19H,11-15H2,1H3. The molecule has 3 rings (SSSR count). The zero-order valence-corrected chi connectivity index (χ0v) is 13.2. The number of nitrogens with zero attached hydrogens (tertiary/aromatic N) is 1. The second-order valence-corrected chi connectivity index (χ2v) is 6.23. The molecule has 2 heteroatoms. The van der Waals surface area contributed by atoms with Crippen LogP contribution in [-0.4, -0.2) is 23.9 Å². The van der Waals surface area contributed by atoms with E-state index in [1.54, 1.807) is 0 Å². The van der Waals surface area contributed by atoms with Crippen LogP contribution in [0, 0.1) is 6.92 Å². The number of carbonyl (C=O) groups excluding carboxylic acids is 1. The summed E-state index contributed by atoms with van der Waals surface area (Å²) >= 11 is 0. The van der Waals surface area contributed by atoms with Crippen LogP contribution in [0.2, 0.25) is 0 Å². The van der Waals surface area contributed by atoms with Gasteiger partial charge in [0.1, 0.15) is 0 Å². The maximum atomic E-state index is 12.4. The van der Waals surface area contributed by atoms with Crippen LogP contribution < -0.4 is 0 Å². The molecule has 114 valence electrons. The SMILES string of the molecule is Cc1ccc(C2CCN(C(=O)Cc3ccccc3)CC2)cc1. The minimum absolute atomic E-state index is 0.258. The molecule has 1 fully saturated rings. The Morgan fingerprint density at radius 3 is 2.27 bits per heavy atom. The first kappa shape index (κ1) is 14.8. The van der Waals surface area contributed by atoms with Gasteiger partial charge in [0, 0.05) is 13.1 Å². The lowest BCUT2D eigenvalue weighted by atomic mass is 9.89. The van der Waals surface area contributed by atoms with E-state index in [0.717, 1.165) is 31.5 Å². The first-order valence-electron chi connectivity index (χ1n) is 8.10. The molecule has 0 unspecified atom stereocenters. The van der Waals surface area contributed by atoms with E-state index in [-0.39, 0.29) is 5.91 Å². The highest BCUT2D eigenvalue weighted by Gasteiger charge is 2.23. The van der Waals surface area contributed by atoms with E-state index < -0.39 is 0 Å². The second-order valence-electron chi connectivity index (χ2n) is 6.23. The monoisotopic (exact) mass is 293 g/mol. The molecular weight excluding hydrogens is 270 g/mol. The molecule has 22 heavy (non-hydrogen) atoms. The highest BCUT2D eigenvalue weighted by Crippen LogP contribution is 2.28. The average Bonchev–Trinajstić information content (AvgIpc) is 2.57. The molecule has 0 spiro atoms. The van der Waals surface area contributed by atoms with Gasteiger partial charge in [-0.25, -0.2) is 0 Å². The molecule has 0 N–H and O–H groups in total. The van der Waals surface area contributed by atoms with Gasteiger partial charge in [0.05, 0.1) is 6.42 Å². The van der Waals surface area contributed by atoms with E-state index in [4.69, 9.17) is 0 Å². The van der Waals surface area contributed by atoms with Crippen molar-refractivity contribution in [3.63, 3.8) is 0 Å². The van der Waals surface area contributed by atoms with Crippen molar-refractivity contribution in [3.05, 3.63) is 71.3 Å². The van der Waals surface area contributed by atoms with Crippen molar-refractivity contribution in [3.8, 4) is 0 Å². The first-order chi connectivity index (χ1) is 10.7. The molecule has 2 aromatic rings. The minimum atomic E-state index is 0.258. The molecule has 2 aromatic carbocycles. The van der Waals surface area contributed by atoms with Crippen LogP contribution >= 0.6 is 0 Å². The lowest BCUT2D eigenvalue weighted by molar-refractivity contribution is -0.131. The fraction of sp³-hybridized carbons (Fsp3) is 0.350. The van der Waals surface area contributed by atoms with E-state index in [1.165, 1.54) is 11.1 Å². The molecular formula is C20H23NO. The predicted octanol–water partition coefficient (Wildman–Crippen LogP) is 3.94. The van der Waals surface area contributed by atoms with Crippen LogP contribution in [0.5, 0.6) is 0 Å². The Labute approximate surface area is 132 Å². The maximum Gasteiger partial charge on any atom is 0.226 e. The van der Waals surface area contributed by atoms with E-state index in [0.29, 0.717) is 12.3 Å². The van der Waals surface area contributed by atoms with E-state index in [9.17, 15) is 4.79 Å². The summed E-state index contributed by atoms with van der Waals surface area (Å²) in [7, 11) is 0. The summed E-state index contributed by atoms with van der Waals surface area (Å²) in [6.45, 7) is 3.88. The van der Waals surface area contributed by atoms with Crippen molar-refractivity contribution < 1.29 is 4.79 Å². The van der Waals surface area contributed by atoms with E-state index in [1.807, 2.05) is 35.2 Å². The number of rotatable bonds is 3. The summed E-state index contributed by atoms with van der Waals surface area (Å²) in [5.74, 6) is 0.856. The average molecular weight is 293 g/mol. The summed E-state index contributed by atoms with van der Waals surface area (Å²) in [6, 6.07) is 18.9. The Balaban J connectivity index is 1.55. The molecule has 0 atom stereocenters. The highest BCUT2D eigenvalue weighted by molar-refractivity contribution is 5.78. The second kappa shape index (κ2) is 6.78. The van der Waals surface area contributed by atoms with E-state index >= 15 is 0 Å². The van der Waals surface area contributed by atoms with Crippen molar-refractivity contribution in [2.75, 3.05) is 13.1 Å². The third kappa shape index (κ3) is 3.56. The van der Waals surface area contributed by atoms with Crippen molar-refractivity contribution in [1.82, 2.24) is 4.90 Å². The van der Waals surface area contributed by atoms with Gasteiger partial charge < -0.3 is 4.90 Å². The van der Waals surface area contributed by atoms with Gasteiger partial charge in [-0.15, -0.1) is 0 Å². The molecule has 0 saturated carbocycles. The number of hydrogen-bond acceptors (Lipinski definition) is 1. The zero-order valence-electron chi connectivity index (χ0n) is 13.2. The van der Waals surface area contributed by atoms with Crippen LogP contribution in [0.25, 0.3) is 0 Å². The number of amides is 1. The summed E-state index contributed by atoms with van der Waals surface area (Å²) in [5, 5.41) is 0. The van der Waals surface area contributed by atoms with Gasteiger partial charge in [0.15, 0.2) is 0 Å². The van der Waals surface area contributed by atoms with Crippen LogP contribution in [-0.2, 0) is 11.2 Å². The predicted molar refractivity (Wildman–Crippen MR) is 89.9 cm³/mol. The van der Waals surface area contributed by atoms with Gasteiger partial charge in [0.2, 0.25) is 5.91 Å². The molecule has 0 aliphatic carbocycles. The molecule has 1 amide bonds. The van der Waals surface area contributed by atoms with Gasteiger partial charge in [-0.3, -0.25) is 4.79 Å². The third-order valence-corrected chi connectivity index (χ3v) is 4.59. The Morgan fingerprint density at radius 1 is 1.00 bits per heavy atom. The lowest BCUT2D eigenvalue weighted by Crippen LogP contribution is -2.38. The van der Waals surface area contributed by atoms with Crippen LogP contribution in [0.3, 0.4) is 0 Å². The molecule has 1 saturated heterocycles. The van der Waals surface area contributed by atoms with Crippen LogP contribution in [0.4, 0.5) is 0 Å². The molecule has 0 bridgehead atoms. The normalized spacial score (nSPS) is 15.8.